The standard InChI is InChI=1S/C21H33N3O6/c1-20(2,3)30-19(28)24-10-8-21(6-7-21)12-15(24)17(26)23-14(18(27)29-4)11-13-5-9-22-16(13)25/h13-15H,5-12H2,1-4H3,(H,22,25)(H,23,26)/t13-,14-,15-/m0/s1. The predicted molar refractivity (Wildman–Crippen MR) is 107 cm³/mol. The molecule has 1 saturated carbocycles. The largest absolute Gasteiger partial charge is 0.467 e. The number of piperidine rings is 1. The van der Waals surface area contributed by atoms with Crippen molar-refractivity contribution in [2.45, 2.75) is 77.0 Å². The molecule has 3 fully saturated rings. The van der Waals surface area contributed by atoms with E-state index in [1.54, 1.807) is 20.8 Å². The van der Waals surface area contributed by atoms with Crippen LogP contribution in [0.1, 0.15) is 59.3 Å². The van der Waals surface area contributed by atoms with Crippen molar-refractivity contribution in [3.8, 4) is 0 Å². The first kappa shape index (κ1) is 22.4. The molecule has 0 aromatic carbocycles. The number of ether oxygens (including phenoxy) is 2. The SMILES string of the molecule is COC(=O)[C@H](C[C@@H]1CCNC1=O)NC(=O)[C@@H]1CC2(CCN1C(=O)OC(C)(C)C)CC2. The van der Waals surface area contributed by atoms with Gasteiger partial charge in [-0.2, -0.15) is 0 Å². The van der Waals surface area contributed by atoms with E-state index in [1.807, 2.05) is 0 Å². The number of nitrogens with one attached hydrogen (secondary N) is 2. The molecule has 2 heterocycles. The minimum atomic E-state index is -0.936. The fraction of sp³-hybridized carbons (Fsp3) is 0.810. The third-order valence-electron chi connectivity index (χ3n) is 6.26. The molecular formula is C21H33N3O6. The normalized spacial score (nSPS) is 26.0. The minimum absolute atomic E-state index is 0.104. The number of hydrogen-bond donors (Lipinski definition) is 2. The predicted octanol–water partition coefficient (Wildman–Crippen LogP) is 1.35. The quantitative estimate of drug-likeness (QED) is 0.645. The molecule has 9 heteroatoms. The number of rotatable bonds is 5. The van der Waals surface area contributed by atoms with E-state index in [4.69, 9.17) is 9.47 Å². The molecule has 1 spiro atoms. The van der Waals surface area contributed by atoms with Crippen molar-refractivity contribution in [3.63, 3.8) is 0 Å². The van der Waals surface area contributed by atoms with Gasteiger partial charge in [0.1, 0.15) is 17.7 Å². The lowest BCUT2D eigenvalue weighted by Gasteiger charge is -2.39. The topological polar surface area (TPSA) is 114 Å². The summed E-state index contributed by atoms with van der Waals surface area (Å²) in [4.78, 5) is 51.6. The zero-order valence-corrected chi connectivity index (χ0v) is 18.3. The number of likely N-dealkylation sites (tertiary alicyclic amines) is 1. The summed E-state index contributed by atoms with van der Waals surface area (Å²) in [5.41, 5.74) is -0.566. The van der Waals surface area contributed by atoms with Gasteiger partial charge >= 0.3 is 12.1 Å². The number of carbonyl (C=O) groups excluding carboxylic acids is 4. The summed E-state index contributed by atoms with van der Waals surface area (Å²) >= 11 is 0. The van der Waals surface area contributed by atoms with Crippen LogP contribution in [0.3, 0.4) is 0 Å². The molecule has 2 N–H and O–H groups in total. The zero-order valence-electron chi connectivity index (χ0n) is 18.3. The number of carbonyl (C=O) groups is 4. The van der Waals surface area contributed by atoms with E-state index < -0.39 is 35.7 Å². The van der Waals surface area contributed by atoms with Gasteiger partial charge in [-0.3, -0.25) is 14.5 Å². The van der Waals surface area contributed by atoms with Gasteiger partial charge < -0.3 is 20.1 Å². The van der Waals surface area contributed by atoms with Crippen molar-refractivity contribution in [3.05, 3.63) is 0 Å². The van der Waals surface area contributed by atoms with E-state index >= 15 is 0 Å². The summed E-state index contributed by atoms with van der Waals surface area (Å²) in [7, 11) is 1.25. The molecule has 2 saturated heterocycles. The summed E-state index contributed by atoms with van der Waals surface area (Å²) < 4.78 is 10.4. The van der Waals surface area contributed by atoms with Gasteiger partial charge in [-0.05, 0) is 64.7 Å². The van der Waals surface area contributed by atoms with Crippen molar-refractivity contribution >= 4 is 23.9 Å². The minimum Gasteiger partial charge on any atom is -0.467 e. The average molecular weight is 424 g/mol. The maximum absolute atomic E-state index is 13.2. The van der Waals surface area contributed by atoms with Gasteiger partial charge in [0, 0.05) is 19.0 Å². The van der Waals surface area contributed by atoms with Gasteiger partial charge in [-0.1, -0.05) is 0 Å². The average Bonchev–Trinajstić information content (AvgIpc) is 3.29. The van der Waals surface area contributed by atoms with Crippen molar-refractivity contribution in [2.75, 3.05) is 20.2 Å². The Morgan fingerprint density at radius 1 is 1.27 bits per heavy atom. The highest BCUT2D eigenvalue weighted by Crippen LogP contribution is 2.55. The van der Waals surface area contributed by atoms with Crippen LogP contribution in [0.25, 0.3) is 0 Å². The second-order valence-corrected chi connectivity index (χ2v) is 9.74. The summed E-state index contributed by atoms with van der Waals surface area (Å²) in [5.74, 6) is -1.47. The second kappa shape index (κ2) is 8.43. The molecule has 0 bridgehead atoms. The third kappa shape index (κ3) is 5.23. The number of amides is 3. The highest BCUT2D eigenvalue weighted by atomic mass is 16.6. The van der Waals surface area contributed by atoms with Crippen molar-refractivity contribution < 1.29 is 28.7 Å². The molecular weight excluding hydrogens is 390 g/mol. The molecule has 3 atom stereocenters. The number of methoxy groups -OCH3 is 1. The fourth-order valence-electron chi connectivity index (χ4n) is 4.32. The van der Waals surface area contributed by atoms with Crippen LogP contribution in [-0.4, -0.2) is 66.7 Å². The molecule has 30 heavy (non-hydrogen) atoms. The van der Waals surface area contributed by atoms with Crippen LogP contribution in [0.5, 0.6) is 0 Å². The van der Waals surface area contributed by atoms with Crippen molar-refractivity contribution in [1.82, 2.24) is 15.5 Å². The van der Waals surface area contributed by atoms with Gasteiger partial charge in [-0.15, -0.1) is 0 Å². The number of nitrogens with zero attached hydrogens (tertiary/aromatic N) is 1. The van der Waals surface area contributed by atoms with Crippen LogP contribution in [0, 0.1) is 11.3 Å². The molecule has 0 aromatic heterocycles. The van der Waals surface area contributed by atoms with Crippen molar-refractivity contribution in [2.24, 2.45) is 11.3 Å². The maximum Gasteiger partial charge on any atom is 0.410 e. The Kier molecular flexibility index (Phi) is 6.29. The molecule has 0 unspecified atom stereocenters. The van der Waals surface area contributed by atoms with Crippen LogP contribution < -0.4 is 10.6 Å². The van der Waals surface area contributed by atoms with Crippen LogP contribution in [0.4, 0.5) is 4.79 Å². The van der Waals surface area contributed by atoms with Crippen LogP contribution in [0.2, 0.25) is 0 Å². The molecule has 9 nitrogen and oxygen atoms in total. The summed E-state index contributed by atoms with van der Waals surface area (Å²) in [6, 6.07) is -1.64. The Morgan fingerprint density at radius 3 is 2.50 bits per heavy atom. The van der Waals surface area contributed by atoms with E-state index in [0.717, 1.165) is 19.3 Å². The first-order chi connectivity index (χ1) is 14.0. The maximum atomic E-state index is 13.2. The highest BCUT2D eigenvalue weighted by Gasteiger charge is 2.52. The molecule has 3 amide bonds. The monoisotopic (exact) mass is 423 g/mol. The van der Waals surface area contributed by atoms with E-state index in [2.05, 4.69) is 10.6 Å². The summed E-state index contributed by atoms with van der Waals surface area (Å²) in [6.45, 7) is 6.36. The first-order valence-corrected chi connectivity index (χ1v) is 10.7. The summed E-state index contributed by atoms with van der Waals surface area (Å²) in [5, 5.41) is 5.49. The van der Waals surface area contributed by atoms with E-state index in [9.17, 15) is 19.2 Å². The molecule has 0 aromatic rings. The van der Waals surface area contributed by atoms with Crippen LogP contribution in [0.15, 0.2) is 0 Å². The van der Waals surface area contributed by atoms with E-state index in [0.29, 0.717) is 25.9 Å². The summed E-state index contributed by atoms with van der Waals surface area (Å²) in [6.07, 6.45) is 3.74. The number of hydrogen-bond acceptors (Lipinski definition) is 6. The van der Waals surface area contributed by atoms with Gasteiger partial charge in [0.05, 0.1) is 7.11 Å². The molecule has 3 aliphatic rings. The lowest BCUT2D eigenvalue weighted by atomic mass is 9.87. The number of esters is 1. The Hall–Kier alpha value is -2.32. The first-order valence-electron chi connectivity index (χ1n) is 10.7. The van der Waals surface area contributed by atoms with Gasteiger partial charge in [0.15, 0.2) is 0 Å². The Labute approximate surface area is 177 Å². The van der Waals surface area contributed by atoms with Gasteiger partial charge in [0.2, 0.25) is 11.8 Å². The smallest absolute Gasteiger partial charge is 0.410 e. The molecule has 168 valence electrons. The van der Waals surface area contributed by atoms with Gasteiger partial charge in [-0.25, -0.2) is 9.59 Å². The lowest BCUT2D eigenvalue weighted by molar-refractivity contribution is -0.146. The molecule has 0 radical (unpaired) electrons. The van der Waals surface area contributed by atoms with Gasteiger partial charge in [0.25, 0.3) is 0 Å². The molecule has 3 rings (SSSR count). The van der Waals surface area contributed by atoms with E-state index in [1.165, 1.54) is 12.0 Å². The lowest BCUT2D eigenvalue weighted by Crippen LogP contribution is -2.57. The molecule has 2 aliphatic heterocycles. The third-order valence-corrected chi connectivity index (χ3v) is 6.26. The Balaban J connectivity index is 1.72. The Morgan fingerprint density at radius 2 is 1.97 bits per heavy atom. The highest BCUT2D eigenvalue weighted by molar-refractivity contribution is 5.90. The second-order valence-electron chi connectivity index (χ2n) is 9.74. The Bertz CT molecular complexity index is 712. The zero-order chi connectivity index (χ0) is 22.1. The fourth-order valence-corrected chi connectivity index (χ4v) is 4.32. The van der Waals surface area contributed by atoms with Crippen LogP contribution >= 0.6 is 0 Å². The van der Waals surface area contributed by atoms with Crippen LogP contribution in [-0.2, 0) is 23.9 Å². The van der Waals surface area contributed by atoms with Crippen molar-refractivity contribution in [1.29, 1.82) is 0 Å². The molecule has 1 aliphatic carbocycles. The van der Waals surface area contributed by atoms with E-state index in [-0.39, 0.29) is 23.7 Å².